The van der Waals surface area contributed by atoms with Crippen LogP contribution < -0.4 is 15.4 Å². The predicted molar refractivity (Wildman–Crippen MR) is 70.4 cm³/mol. The molecule has 1 unspecified atom stereocenters. The number of nitrogens with one attached hydrogen (secondary N) is 2. The fraction of sp³-hybridized carbons (Fsp3) is 0.500. The number of carbonyl (C=O) groups excluding carboxylic acids is 1. The maximum Gasteiger partial charge on any atom is 0.223 e. The number of rotatable bonds is 5. The molecule has 2 rings (SSSR count). The first kappa shape index (κ1) is 12.9. The topological polar surface area (TPSA) is 50.4 Å². The van der Waals surface area contributed by atoms with Crippen molar-refractivity contribution < 1.29 is 9.53 Å². The van der Waals surface area contributed by atoms with Crippen molar-refractivity contribution in [2.75, 3.05) is 20.2 Å². The summed E-state index contributed by atoms with van der Waals surface area (Å²) in [5.74, 6) is 1.54. The largest absolute Gasteiger partial charge is 0.497 e. The monoisotopic (exact) mass is 248 g/mol. The average molecular weight is 248 g/mol. The Morgan fingerprint density at radius 2 is 2.11 bits per heavy atom. The van der Waals surface area contributed by atoms with Crippen molar-refractivity contribution in [3.8, 4) is 5.75 Å². The Labute approximate surface area is 108 Å². The van der Waals surface area contributed by atoms with Gasteiger partial charge in [-0.2, -0.15) is 0 Å². The summed E-state index contributed by atoms with van der Waals surface area (Å²) in [6, 6.07) is 7.74. The quantitative estimate of drug-likeness (QED) is 0.822. The molecule has 0 bridgehead atoms. The number of methoxy groups -OCH3 is 1. The molecule has 0 aromatic heterocycles. The Bertz CT molecular complexity index is 399. The van der Waals surface area contributed by atoms with E-state index < -0.39 is 0 Å². The minimum absolute atomic E-state index is 0.0875. The molecule has 0 aliphatic carbocycles. The van der Waals surface area contributed by atoms with Crippen LogP contribution in [0.25, 0.3) is 0 Å². The summed E-state index contributed by atoms with van der Waals surface area (Å²) in [7, 11) is 1.64. The minimum Gasteiger partial charge on any atom is -0.497 e. The van der Waals surface area contributed by atoms with E-state index in [9.17, 15) is 4.79 Å². The number of hydrogen-bond acceptors (Lipinski definition) is 3. The first-order chi connectivity index (χ1) is 8.70. The van der Waals surface area contributed by atoms with Crippen LogP contribution >= 0.6 is 0 Å². The lowest BCUT2D eigenvalue weighted by Gasteiger charge is -2.31. The Hall–Kier alpha value is -1.55. The van der Waals surface area contributed by atoms with E-state index in [0.717, 1.165) is 24.4 Å². The van der Waals surface area contributed by atoms with Crippen molar-refractivity contribution >= 4 is 5.91 Å². The number of benzene rings is 1. The summed E-state index contributed by atoms with van der Waals surface area (Å²) in [6.07, 6.45) is 0. The molecule has 0 radical (unpaired) electrons. The van der Waals surface area contributed by atoms with Crippen LogP contribution in [0.2, 0.25) is 0 Å². The smallest absolute Gasteiger partial charge is 0.223 e. The van der Waals surface area contributed by atoms with Gasteiger partial charge in [0.05, 0.1) is 7.11 Å². The lowest BCUT2D eigenvalue weighted by molar-refractivity contribution is -0.126. The SMILES string of the molecule is COc1ccc(CNC(=O)C(C)C2CNC2)cc1. The summed E-state index contributed by atoms with van der Waals surface area (Å²) in [4.78, 5) is 11.9. The molecule has 1 atom stereocenters. The van der Waals surface area contributed by atoms with E-state index >= 15 is 0 Å². The fourth-order valence-corrected chi connectivity index (χ4v) is 1.97. The molecule has 2 N–H and O–H groups in total. The highest BCUT2D eigenvalue weighted by Crippen LogP contribution is 2.16. The summed E-state index contributed by atoms with van der Waals surface area (Å²) >= 11 is 0. The van der Waals surface area contributed by atoms with Crippen molar-refractivity contribution in [1.82, 2.24) is 10.6 Å². The van der Waals surface area contributed by atoms with Gasteiger partial charge in [-0.15, -0.1) is 0 Å². The Balaban J connectivity index is 1.80. The minimum atomic E-state index is 0.0875. The number of carbonyl (C=O) groups is 1. The highest BCUT2D eigenvalue weighted by atomic mass is 16.5. The average Bonchev–Trinajstić information content (AvgIpc) is 2.34. The molecule has 4 nitrogen and oxygen atoms in total. The first-order valence-corrected chi connectivity index (χ1v) is 6.32. The second-order valence-electron chi connectivity index (χ2n) is 4.77. The molecule has 1 fully saturated rings. The van der Waals surface area contributed by atoms with E-state index in [1.165, 1.54) is 0 Å². The Morgan fingerprint density at radius 3 is 2.61 bits per heavy atom. The van der Waals surface area contributed by atoms with Gasteiger partial charge in [-0.25, -0.2) is 0 Å². The van der Waals surface area contributed by atoms with Crippen LogP contribution in [-0.4, -0.2) is 26.1 Å². The van der Waals surface area contributed by atoms with Gasteiger partial charge >= 0.3 is 0 Å². The van der Waals surface area contributed by atoms with E-state index in [-0.39, 0.29) is 11.8 Å². The van der Waals surface area contributed by atoms with Crippen LogP contribution in [0.15, 0.2) is 24.3 Å². The molecule has 18 heavy (non-hydrogen) atoms. The fourth-order valence-electron chi connectivity index (χ4n) is 1.97. The molecule has 0 spiro atoms. The van der Waals surface area contributed by atoms with Crippen molar-refractivity contribution in [1.29, 1.82) is 0 Å². The molecule has 1 aliphatic heterocycles. The van der Waals surface area contributed by atoms with E-state index in [1.54, 1.807) is 7.11 Å². The third kappa shape index (κ3) is 3.01. The Kier molecular flexibility index (Phi) is 4.20. The number of hydrogen-bond donors (Lipinski definition) is 2. The zero-order chi connectivity index (χ0) is 13.0. The summed E-state index contributed by atoms with van der Waals surface area (Å²) < 4.78 is 5.09. The Morgan fingerprint density at radius 1 is 1.44 bits per heavy atom. The standard InChI is InChI=1S/C14H20N2O2/c1-10(12-8-15-9-12)14(17)16-7-11-3-5-13(18-2)6-4-11/h3-6,10,12,15H,7-9H2,1-2H3,(H,16,17). The molecule has 4 heteroatoms. The third-order valence-electron chi connectivity index (χ3n) is 3.56. The summed E-state index contributed by atoms with van der Waals surface area (Å²) in [5.41, 5.74) is 1.09. The van der Waals surface area contributed by atoms with Crippen LogP contribution in [-0.2, 0) is 11.3 Å². The van der Waals surface area contributed by atoms with E-state index in [2.05, 4.69) is 10.6 Å². The molecule has 1 aromatic carbocycles. The van der Waals surface area contributed by atoms with Gasteiger partial charge in [-0.1, -0.05) is 19.1 Å². The van der Waals surface area contributed by atoms with E-state index in [4.69, 9.17) is 4.74 Å². The lowest BCUT2D eigenvalue weighted by atomic mass is 9.88. The third-order valence-corrected chi connectivity index (χ3v) is 3.56. The van der Waals surface area contributed by atoms with Gasteiger partial charge < -0.3 is 15.4 Å². The summed E-state index contributed by atoms with van der Waals surface area (Å²) in [5, 5.41) is 6.17. The maximum absolute atomic E-state index is 11.9. The molecule has 1 amide bonds. The van der Waals surface area contributed by atoms with Crippen LogP contribution in [0.4, 0.5) is 0 Å². The molecule has 1 aliphatic rings. The van der Waals surface area contributed by atoms with E-state index in [1.807, 2.05) is 31.2 Å². The molecule has 98 valence electrons. The van der Waals surface area contributed by atoms with Gasteiger partial charge in [0.15, 0.2) is 0 Å². The van der Waals surface area contributed by atoms with Crippen LogP contribution in [0.1, 0.15) is 12.5 Å². The molecule has 0 saturated carbocycles. The highest BCUT2D eigenvalue weighted by molar-refractivity contribution is 5.78. The van der Waals surface area contributed by atoms with Gasteiger partial charge in [-0.3, -0.25) is 4.79 Å². The van der Waals surface area contributed by atoms with Gasteiger partial charge in [0.2, 0.25) is 5.91 Å². The zero-order valence-electron chi connectivity index (χ0n) is 10.9. The molecule has 1 saturated heterocycles. The summed E-state index contributed by atoms with van der Waals surface area (Å²) in [6.45, 7) is 4.48. The van der Waals surface area contributed by atoms with E-state index in [0.29, 0.717) is 12.5 Å². The maximum atomic E-state index is 11.9. The molecular formula is C14H20N2O2. The van der Waals surface area contributed by atoms with Crippen molar-refractivity contribution in [3.63, 3.8) is 0 Å². The van der Waals surface area contributed by atoms with Crippen LogP contribution in [0.5, 0.6) is 5.75 Å². The van der Waals surface area contributed by atoms with Gasteiger partial charge in [0.25, 0.3) is 0 Å². The first-order valence-electron chi connectivity index (χ1n) is 6.32. The van der Waals surface area contributed by atoms with Crippen molar-refractivity contribution in [2.24, 2.45) is 11.8 Å². The van der Waals surface area contributed by atoms with Gasteiger partial charge in [-0.05, 0) is 36.7 Å². The zero-order valence-corrected chi connectivity index (χ0v) is 10.9. The molecule has 1 aromatic rings. The normalized spacial score (nSPS) is 16.8. The molecule has 1 heterocycles. The highest BCUT2D eigenvalue weighted by Gasteiger charge is 2.28. The predicted octanol–water partition coefficient (Wildman–Crippen LogP) is 1.17. The van der Waals surface area contributed by atoms with Crippen molar-refractivity contribution in [3.05, 3.63) is 29.8 Å². The lowest BCUT2D eigenvalue weighted by Crippen LogP contribution is -2.49. The number of ether oxygens (including phenoxy) is 1. The van der Waals surface area contributed by atoms with Gasteiger partial charge in [0.1, 0.15) is 5.75 Å². The molecular weight excluding hydrogens is 228 g/mol. The van der Waals surface area contributed by atoms with Gasteiger partial charge in [0, 0.05) is 12.5 Å². The second kappa shape index (κ2) is 5.87. The van der Waals surface area contributed by atoms with Crippen LogP contribution in [0.3, 0.4) is 0 Å². The number of amides is 1. The second-order valence-corrected chi connectivity index (χ2v) is 4.77. The van der Waals surface area contributed by atoms with Crippen LogP contribution in [0, 0.1) is 11.8 Å². The van der Waals surface area contributed by atoms with Crippen molar-refractivity contribution in [2.45, 2.75) is 13.5 Å².